The molecule has 1 aromatic heterocycles. The zero-order valence-corrected chi connectivity index (χ0v) is 16.0. The fourth-order valence-electron chi connectivity index (χ4n) is 3.28. The second kappa shape index (κ2) is 8.56. The Morgan fingerprint density at radius 1 is 1.07 bits per heavy atom. The number of aromatic nitrogens is 2. The maximum atomic E-state index is 12.1. The smallest absolute Gasteiger partial charge is 0.244 e. The zero-order valence-electron chi connectivity index (χ0n) is 16.0. The predicted molar refractivity (Wildman–Crippen MR) is 112 cm³/mol. The molecule has 1 saturated heterocycles. The molecule has 146 valence electrons. The summed E-state index contributed by atoms with van der Waals surface area (Å²) >= 11 is 0. The molecular weight excluding hydrogens is 364 g/mol. The minimum atomic E-state index is -0.170. The molecule has 0 radical (unpaired) electrons. The van der Waals surface area contributed by atoms with Crippen molar-refractivity contribution in [2.24, 2.45) is 0 Å². The zero-order chi connectivity index (χ0) is 20.1. The van der Waals surface area contributed by atoms with Crippen LogP contribution in [0.15, 0.2) is 73.1 Å². The number of rotatable bonds is 6. The van der Waals surface area contributed by atoms with Gasteiger partial charge in [0.1, 0.15) is 0 Å². The second-order valence-electron chi connectivity index (χ2n) is 6.92. The number of nitrogens with zero attached hydrogens (tertiary/aromatic N) is 3. The van der Waals surface area contributed by atoms with Crippen molar-refractivity contribution in [2.75, 3.05) is 11.4 Å². The number of para-hydroxylation sites is 1. The molecule has 0 aliphatic carbocycles. The summed E-state index contributed by atoms with van der Waals surface area (Å²) in [5, 5.41) is 7.19. The highest BCUT2D eigenvalue weighted by atomic mass is 16.2. The highest BCUT2D eigenvalue weighted by Crippen LogP contribution is 2.21. The predicted octanol–water partition coefficient (Wildman–Crippen LogP) is 3.33. The van der Waals surface area contributed by atoms with Gasteiger partial charge >= 0.3 is 0 Å². The maximum absolute atomic E-state index is 12.1. The van der Waals surface area contributed by atoms with Crippen LogP contribution in [0.4, 0.5) is 5.69 Å². The lowest BCUT2D eigenvalue weighted by Crippen LogP contribution is -2.23. The number of hydrogen-bond acceptors (Lipinski definition) is 3. The van der Waals surface area contributed by atoms with E-state index in [4.69, 9.17) is 0 Å². The van der Waals surface area contributed by atoms with E-state index in [-0.39, 0.29) is 11.8 Å². The number of amides is 2. The van der Waals surface area contributed by atoms with Crippen molar-refractivity contribution in [1.82, 2.24) is 15.1 Å². The number of carbonyl (C=O) groups excluding carboxylic acids is 2. The third-order valence-corrected chi connectivity index (χ3v) is 4.83. The van der Waals surface area contributed by atoms with Crippen LogP contribution in [0.2, 0.25) is 0 Å². The average Bonchev–Trinajstić information content (AvgIpc) is 3.41. The lowest BCUT2D eigenvalue weighted by Gasteiger charge is -2.15. The van der Waals surface area contributed by atoms with Crippen molar-refractivity contribution < 1.29 is 9.59 Å². The van der Waals surface area contributed by atoms with Gasteiger partial charge in [0.25, 0.3) is 0 Å². The van der Waals surface area contributed by atoms with Gasteiger partial charge in [0, 0.05) is 43.0 Å². The van der Waals surface area contributed by atoms with Gasteiger partial charge in [-0.25, -0.2) is 4.68 Å². The van der Waals surface area contributed by atoms with Crippen LogP contribution in [-0.4, -0.2) is 28.1 Å². The van der Waals surface area contributed by atoms with Gasteiger partial charge in [-0.1, -0.05) is 30.3 Å². The minimum absolute atomic E-state index is 0.170. The molecule has 1 fully saturated rings. The van der Waals surface area contributed by atoms with Crippen LogP contribution in [0.3, 0.4) is 0 Å². The lowest BCUT2D eigenvalue weighted by atomic mass is 10.2. The first-order valence-electron chi connectivity index (χ1n) is 9.64. The second-order valence-corrected chi connectivity index (χ2v) is 6.92. The Bertz CT molecular complexity index is 1020. The summed E-state index contributed by atoms with van der Waals surface area (Å²) in [6, 6.07) is 17.5. The first kappa shape index (κ1) is 18.7. The summed E-state index contributed by atoms with van der Waals surface area (Å²) < 4.78 is 1.78. The number of hydrogen-bond donors (Lipinski definition) is 1. The Morgan fingerprint density at radius 3 is 2.59 bits per heavy atom. The lowest BCUT2D eigenvalue weighted by molar-refractivity contribution is -0.117. The van der Waals surface area contributed by atoms with Crippen molar-refractivity contribution in [2.45, 2.75) is 19.4 Å². The van der Waals surface area contributed by atoms with Gasteiger partial charge in [0.15, 0.2) is 0 Å². The Morgan fingerprint density at radius 2 is 1.86 bits per heavy atom. The quantitative estimate of drug-likeness (QED) is 0.661. The SMILES string of the molecule is O=C(/C=C/c1ccc(N2CCCC2=O)cc1)NCc1cnn(-c2ccccc2)c1. The fourth-order valence-corrected chi connectivity index (χ4v) is 3.28. The molecule has 6 nitrogen and oxygen atoms in total. The molecule has 3 aromatic rings. The van der Waals surface area contributed by atoms with Gasteiger partial charge in [-0.15, -0.1) is 0 Å². The molecule has 6 heteroatoms. The normalized spacial score (nSPS) is 13.9. The average molecular weight is 386 g/mol. The highest BCUT2D eigenvalue weighted by molar-refractivity contribution is 5.95. The molecule has 0 atom stereocenters. The van der Waals surface area contributed by atoms with Crippen LogP contribution in [0.5, 0.6) is 0 Å². The number of carbonyl (C=O) groups is 2. The molecule has 2 amide bonds. The van der Waals surface area contributed by atoms with E-state index in [2.05, 4.69) is 10.4 Å². The topological polar surface area (TPSA) is 67.2 Å². The van der Waals surface area contributed by atoms with Crippen LogP contribution in [0.1, 0.15) is 24.0 Å². The van der Waals surface area contributed by atoms with Gasteiger partial charge in [-0.05, 0) is 42.3 Å². The number of benzene rings is 2. The van der Waals surface area contributed by atoms with Crippen LogP contribution >= 0.6 is 0 Å². The Hall–Kier alpha value is -3.67. The van der Waals surface area contributed by atoms with Crippen molar-refractivity contribution >= 4 is 23.6 Å². The Kier molecular flexibility index (Phi) is 5.52. The molecule has 0 bridgehead atoms. The molecule has 0 saturated carbocycles. The Labute approximate surface area is 169 Å². The maximum Gasteiger partial charge on any atom is 0.244 e. The Balaban J connectivity index is 1.30. The first-order chi connectivity index (χ1) is 14.2. The van der Waals surface area contributed by atoms with Crippen molar-refractivity contribution in [3.05, 3.63) is 84.2 Å². The first-order valence-corrected chi connectivity index (χ1v) is 9.64. The minimum Gasteiger partial charge on any atom is -0.348 e. The van der Waals surface area contributed by atoms with Gasteiger partial charge in [-0.2, -0.15) is 5.10 Å². The fraction of sp³-hybridized carbons (Fsp3) is 0.174. The van der Waals surface area contributed by atoms with E-state index in [9.17, 15) is 9.59 Å². The van der Waals surface area contributed by atoms with Crippen LogP contribution in [0, 0.1) is 0 Å². The molecular formula is C23H22N4O2. The molecule has 1 aliphatic heterocycles. The van der Waals surface area contributed by atoms with Crippen molar-refractivity contribution in [1.29, 1.82) is 0 Å². The molecule has 0 spiro atoms. The van der Waals surface area contributed by atoms with E-state index in [1.54, 1.807) is 21.9 Å². The third-order valence-electron chi connectivity index (χ3n) is 4.83. The van der Waals surface area contributed by atoms with Gasteiger partial charge in [0.2, 0.25) is 11.8 Å². The van der Waals surface area contributed by atoms with E-state index in [1.165, 1.54) is 6.08 Å². The monoisotopic (exact) mass is 386 g/mol. The summed E-state index contributed by atoms with van der Waals surface area (Å²) in [7, 11) is 0. The standard InChI is InChI=1S/C23H22N4O2/c28-22(24-15-19-16-25-27(17-19)21-5-2-1-3-6-21)13-10-18-8-11-20(12-9-18)26-14-4-7-23(26)29/h1-3,5-6,8-13,16-17H,4,7,14-15H2,(H,24,28)/b13-10+. The largest absolute Gasteiger partial charge is 0.348 e. The third kappa shape index (κ3) is 4.60. The van der Waals surface area contributed by atoms with Crippen LogP contribution in [0.25, 0.3) is 11.8 Å². The van der Waals surface area contributed by atoms with Gasteiger partial charge < -0.3 is 10.2 Å². The van der Waals surface area contributed by atoms with Crippen molar-refractivity contribution in [3.63, 3.8) is 0 Å². The van der Waals surface area contributed by atoms with Crippen LogP contribution in [-0.2, 0) is 16.1 Å². The number of anilines is 1. The molecule has 1 N–H and O–H groups in total. The molecule has 2 aromatic carbocycles. The summed E-state index contributed by atoms with van der Waals surface area (Å²) in [5.41, 5.74) is 3.72. The summed E-state index contributed by atoms with van der Waals surface area (Å²) in [6.07, 6.45) is 8.44. The molecule has 0 unspecified atom stereocenters. The molecule has 1 aliphatic rings. The molecule has 29 heavy (non-hydrogen) atoms. The number of nitrogens with one attached hydrogen (secondary N) is 1. The molecule has 2 heterocycles. The van der Waals surface area contributed by atoms with Gasteiger partial charge in [0.05, 0.1) is 11.9 Å². The summed E-state index contributed by atoms with van der Waals surface area (Å²) in [6.45, 7) is 1.18. The van der Waals surface area contributed by atoms with E-state index in [0.29, 0.717) is 13.0 Å². The van der Waals surface area contributed by atoms with E-state index >= 15 is 0 Å². The van der Waals surface area contributed by atoms with E-state index in [1.807, 2.05) is 60.8 Å². The van der Waals surface area contributed by atoms with Gasteiger partial charge in [-0.3, -0.25) is 9.59 Å². The molecule has 4 rings (SSSR count). The summed E-state index contributed by atoms with van der Waals surface area (Å²) in [4.78, 5) is 25.7. The highest BCUT2D eigenvalue weighted by Gasteiger charge is 2.21. The van der Waals surface area contributed by atoms with E-state index in [0.717, 1.165) is 35.5 Å². The van der Waals surface area contributed by atoms with Crippen molar-refractivity contribution in [3.8, 4) is 5.69 Å². The van der Waals surface area contributed by atoms with E-state index < -0.39 is 0 Å². The van der Waals surface area contributed by atoms with Crippen LogP contribution < -0.4 is 10.2 Å². The summed E-state index contributed by atoms with van der Waals surface area (Å²) in [5.74, 6) is -0.000449.